The van der Waals surface area contributed by atoms with E-state index in [1.807, 2.05) is 0 Å². The first-order valence-electron chi connectivity index (χ1n) is 8.10. The number of hydrogen-bond donors (Lipinski definition) is 3. The van der Waals surface area contributed by atoms with Crippen molar-refractivity contribution >= 4 is 0 Å². The summed E-state index contributed by atoms with van der Waals surface area (Å²) in [6, 6.07) is 0. The van der Waals surface area contributed by atoms with Crippen LogP contribution >= 0.6 is 0 Å². The Bertz CT molecular complexity index is 531. The van der Waals surface area contributed by atoms with Crippen LogP contribution in [0.15, 0.2) is 6.20 Å². The number of aliphatic hydroxyl groups excluding tert-OH is 2. The van der Waals surface area contributed by atoms with Gasteiger partial charge < -0.3 is 24.8 Å². The van der Waals surface area contributed by atoms with Crippen LogP contribution in [0.1, 0.15) is 37.8 Å². The molecule has 0 amide bonds. The molecule has 0 aromatic carbocycles. The fraction of sp³-hybridized carbons (Fsp3) is 0.867. The number of methoxy groups -OCH3 is 1. The fourth-order valence-electron chi connectivity index (χ4n) is 3.48. The highest BCUT2D eigenvalue weighted by molar-refractivity contribution is 5.09. The van der Waals surface area contributed by atoms with Crippen LogP contribution in [0.5, 0.6) is 0 Å². The Labute approximate surface area is 135 Å². The molecule has 0 bridgehead atoms. The van der Waals surface area contributed by atoms with Gasteiger partial charge in [-0.1, -0.05) is 18.1 Å². The van der Waals surface area contributed by atoms with E-state index in [-0.39, 0.29) is 19.3 Å². The Morgan fingerprint density at radius 3 is 2.78 bits per heavy atom. The summed E-state index contributed by atoms with van der Waals surface area (Å²) in [5, 5.41) is 38.8. The van der Waals surface area contributed by atoms with E-state index in [1.54, 1.807) is 13.3 Å². The molecular weight excluding hydrogens is 302 g/mol. The second-order valence-corrected chi connectivity index (χ2v) is 6.68. The van der Waals surface area contributed by atoms with Gasteiger partial charge in [0.05, 0.1) is 38.2 Å². The maximum Gasteiger partial charge on any atom is 0.137 e. The van der Waals surface area contributed by atoms with Gasteiger partial charge in [-0.05, 0) is 12.8 Å². The van der Waals surface area contributed by atoms with E-state index in [4.69, 9.17) is 9.47 Å². The van der Waals surface area contributed by atoms with Crippen molar-refractivity contribution in [2.75, 3.05) is 20.3 Å². The van der Waals surface area contributed by atoms with Crippen LogP contribution in [-0.4, -0.2) is 68.4 Å². The highest BCUT2D eigenvalue weighted by Gasteiger charge is 2.45. The Balaban J connectivity index is 1.74. The van der Waals surface area contributed by atoms with E-state index in [2.05, 4.69) is 10.3 Å². The number of rotatable bonds is 5. The van der Waals surface area contributed by atoms with Crippen molar-refractivity contribution in [3.05, 3.63) is 11.9 Å². The molecule has 2 fully saturated rings. The molecule has 0 spiro atoms. The molecule has 1 saturated heterocycles. The lowest BCUT2D eigenvalue weighted by Gasteiger charge is -2.42. The zero-order chi connectivity index (χ0) is 16.5. The van der Waals surface area contributed by atoms with Gasteiger partial charge in [-0.3, -0.25) is 0 Å². The summed E-state index contributed by atoms with van der Waals surface area (Å²) in [7, 11) is 1.57. The SMILES string of the molecule is COC1COC(CO)(Cn2cc(C3(O)CCCC3)nn2)C(O)C1. The molecule has 3 rings (SSSR count). The number of aliphatic hydroxyl groups is 3. The van der Waals surface area contributed by atoms with Crippen LogP contribution in [0.3, 0.4) is 0 Å². The number of nitrogens with zero attached hydrogens (tertiary/aromatic N) is 3. The molecule has 1 aliphatic heterocycles. The average Bonchev–Trinajstić information content (AvgIpc) is 3.19. The monoisotopic (exact) mass is 327 g/mol. The van der Waals surface area contributed by atoms with Gasteiger partial charge >= 0.3 is 0 Å². The van der Waals surface area contributed by atoms with Crippen LogP contribution in [0.4, 0.5) is 0 Å². The first-order valence-corrected chi connectivity index (χ1v) is 8.10. The summed E-state index contributed by atoms with van der Waals surface area (Å²) >= 11 is 0. The molecule has 2 heterocycles. The summed E-state index contributed by atoms with van der Waals surface area (Å²) in [4.78, 5) is 0. The molecule has 1 saturated carbocycles. The van der Waals surface area contributed by atoms with Crippen molar-refractivity contribution in [2.24, 2.45) is 0 Å². The Morgan fingerprint density at radius 2 is 2.17 bits per heavy atom. The topological polar surface area (TPSA) is 110 Å². The summed E-state index contributed by atoms with van der Waals surface area (Å²) in [5.41, 5.74) is -1.49. The zero-order valence-corrected chi connectivity index (χ0v) is 13.4. The maximum atomic E-state index is 10.6. The van der Waals surface area contributed by atoms with Crippen molar-refractivity contribution < 1.29 is 24.8 Å². The highest BCUT2D eigenvalue weighted by Crippen LogP contribution is 2.37. The number of hydrogen-bond acceptors (Lipinski definition) is 7. The summed E-state index contributed by atoms with van der Waals surface area (Å²) < 4.78 is 12.4. The van der Waals surface area contributed by atoms with Crippen LogP contribution in [0.25, 0.3) is 0 Å². The van der Waals surface area contributed by atoms with Crippen molar-refractivity contribution in [3.8, 4) is 0 Å². The lowest BCUT2D eigenvalue weighted by Crippen LogP contribution is -2.57. The quantitative estimate of drug-likeness (QED) is 0.673. The third kappa shape index (κ3) is 3.14. The minimum absolute atomic E-state index is 0.171. The molecule has 3 N–H and O–H groups in total. The first-order chi connectivity index (χ1) is 11.0. The van der Waals surface area contributed by atoms with E-state index in [0.29, 0.717) is 31.6 Å². The number of aromatic nitrogens is 3. The predicted molar refractivity (Wildman–Crippen MR) is 79.6 cm³/mol. The molecule has 8 heteroatoms. The lowest BCUT2D eigenvalue weighted by atomic mass is 9.90. The second kappa shape index (κ2) is 6.45. The number of ether oxygens (including phenoxy) is 2. The molecule has 23 heavy (non-hydrogen) atoms. The summed E-state index contributed by atoms with van der Waals surface area (Å²) in [6.07, 6.45) is 4.35. The standard InChI is InChI=1S/C15H25N3O5/c1-22-11-6-13(20)15(10-19,23-8-11)9-18-7-12(16-17-18)14(21)4-2-3-5-14/h7,11,13,19-21H,2-6,8-10H2,1H3. The van der Waals surface area contributed by atoms with Crippen molar-refractivity contribution in [1.82, 2.24) is 15.0 Å². The molecule has 8 nitrogen and oxygen atoms in total. The molecule has 1 aliphatic carbocycles. The van der Waals surface area contributed by atoms with Crippen molar-refractivity contribution in [3.63, 3.8) is 0 Å². The lowest BCUT2D eigenvalue weighted by molar-refractivity contribution is -0.214. The average molecular weight is 327 g/mol. The molecule has 1 aromatic rings. The largest absolute Gasteiger partial charge is 0.393 e. The maximum absolute atomic E-state index is 10.6. The summed E-state index contributed by atoms with van der Waals surface area (Å²) in [6.45, 7) is 0.147. The molecule has 3 atom stereocenters. The molecule has 1 aromatic heterocycles. The second-order valence-electron chi connectivity index (χ2n) is 6.68. The Kier molecular flexibility index (Phi) is 4.70. The van der Waals surface area contributed by atoms with E-state index in [1.165, 1.54) is 4.68 Å². The first kappa shape index (κ1) is 16.8. The van der Waals surface area contributed by atoms with Gasteiger partial charge in [0.25, 0.3) is 0 Å². The van der Waals surface area contributed by atoms with Crippen LogP contribution < -0.4 is 0 Å². The van der Waals surface area contributed by atoms with Crippen molar-refractivity contribution in [2.45, 2.75) is 62.1 Å². The van der Waals surface area contributed by atoms with Crippen LogP contribution in [0, 0.1) is 0 Å². The van der Waals surface area contributed by atoms with Gasteiger partial charge in [-0.15, -0.1) is 5.10 Å². The third-order valence-corrected chi connectivity index (χ3v) is 5.13. The molecule has 3 unspecified atom stereocenters. The van der Waals surface area contributed by atoms with Gasteiger partial charge in [0.1, 0.15) is 16.9 Å². The minimum Gasteiger partial charge on any atom is -0.393 e. The van der Waals surface area contributed by atoms with Gasteiger partial charge in [-0.2, -0.15) is 0 Å². The van der Waals surface area contributed by atoms with Crippen molar-refractivity contribution in [1.29, 1.82) is 0 Å². The zero-order valence-electron chi connectivity index (χ0n) is 13.4. The Morgan fingerprint density at radius 1 is 1.43 bits per heavy atom. The smallest absolute Gasteiger partial charge is 0.137 e. The Hall–Kier alpha value is -1.06. The summed E-state index contributed by atoms with van der Waals surface area (Å²) in [5.74, 6) is 0. The molecule has 0 radical (unpaired) electrons. The normalized spacial score (nSPS) is 33.9. The van der Waals surface area contributed by atoms with Gasteiger partial charge in [0, 0.05) is 13.5 Å². The predicted octanol–water partition coefficient (Wildman–Crippen LogP) is -0.433. The van der Waals surface area contributed by atoms with Gasteiger partial charge in [0.2, 0.25) is 0 Å². The van der Waals surface area contributed by atoms with Gasteiger partial charge in [0.15, 0.2) is 0 Å². The molecule has 130 valence electrons. The fourth-order valence-corrected chi connectivity index (χ4v) is 3.48. The van der Waals surface area contributed by atoms with E-state index in [9.17, 15) is 15.3 Å². The van der Waals surface area contributed by atoms with Crippen LogP contribution in [0.2, 0.25) is 0 Å². The van der Waals surface area contributed by atoms with Crippen LogP contribution in [-0.2, 0) is 21.6 Å². The van der Waals surface area contributed by atoms with E-state index < -0.39 is 17.3 Å². The minimum atomic E-state index is -1.13. The third-order valence-electron chi connectivity index (χ3n) is 5.13. The molecular formula is C15H25N3O5. The van der Waals surface area contributed by atoms with E-state index in [0.717, 1.165) is 12.8 Å². The van der Waals surface area contributed by atoms with E-state index >= 15 is 0 Å². The molecule has 2 aliphatic rings. The highest BCUT2D eigenvalue weighted by atomic mass is 16.6. The van der Waals surface area contributed by atoms with Gasteiger partial charge in [-0.25, -0.2) is 4.68 Å².